The molecule has 100 valence electrons. The van der Waals surface area contributed by atoms with Crippen molar-refractivity contribution in [3.8, 4) is 0 Å². The Hall–Kier alpha value is -2.06. The molecule has 0 aliphatic rings. The van der Waals surface area contributed by atoms with Crippen LogP contribution in [0.25, 0.3) is 0 Å². The number of aromatic nitrogens is 2. The normalized spacial score (nSPS) is 11.2. The van der Waals surface area contributed by atoms with Crippen LogP contribution in [0.5, 0.6) is 0 Å². The fourth-order valence-corrected chi connectivity index (χ4v) is 1.10. The standard InChI is InChI=1S/C9H9F3N2O4/c1-3-17-8(16)6-4-14(18-5(2)15)13-7(6)9(10,11)12/h4H,3H2,1-2H3. The van der Waals surface area contributed by atoms with E-state index in [0.29, 0.717) is 6.20 Å². The first-order chi connectivity index (χ1) is 8.25. The highest BCUT2D eigenvalue weighted by Gasteiger charge is 2.40. The number of rotatable bonds is 3. The van der Waals surface area contributed by atoms with Crippen LogP contribution in [0.4, 0.5) is 13.2 Å². The second kappa shape index (κ2) is 5.07. The van der Waals surface area contributed by atoms with E-state index in [1.54, 1.807) is 0 Å². The second-order valence-electron chi connectivity index (χ2n) is 3.10. The van der Waals surface area contributed by atoms with Crippen LogP contribution < -0.4 is 4.84 Å². The zero-order valence-corrected chi connectivity index (χ0v) is 9.45. The summed E-state index contributed by atoms with van der Waals surface area (Å²) in [6.07, 6.45) is -4.21. The summed E-state index contributed by atoms with van der Waals surface area (Å²) >= 11 is 0. The zero-order valence-electron chi connectivity index (χ0n) is 9.45. The van der Waals surface area contributed by atoms with Crippen molar-refractivity contribution in [2.24, 2.45) is 0 Å². The molecule has 1 rings (SSSR count). The van der Waals surface area contributed by atoms with Gasteiger partial charge in [0.2, 0.25) is 0 Å². The van der Waals surface area contributed by atoms with Gasteiger partial charge in [0.25, 0.3) is 0 Å². The summed E-state index contributed by atoms with van der Waals surface area (Å²) < 4.78 is 42.2. The summed E-state index contributed by atoms with van der Waals surface area (Å²) in [6, 6.07) is 0. The Morgan fingerprint density at radius 3 is 2.50 bits per heavy atom. The van der Waals surface area contributed by atoms with Crippen LogP contribution in [-0.2, 0) is 15.7 Å². The summed E-state index contributed by atoms with van der Waals surface area (Å²) in [5.74, 6) is -2.06. The van der Waals surface area contributed by atoms with Crippen molar-refractivity contribution in [1.82, 2.24) is 9.94 Å². The molecule has 0 bridgehead atoms. The van der Waals surface area contributed by atoms with Crippen molar-refractivity contribution in [3.63, 3.8) is 0 Å². The topological polar surface area (TPSA) is 70.4 Å². The molecule has 0 fully saturated rings. The molecule has 6 nitrogen and oxygen atoms in total. The summed E-state index contributed by atoms with van der Waals surface area (Å²) in [6.45, 7) is 2.34. The van der Waals surface area contributed by atoms with E-state index < -0.39 is 29.4 Å². The molecule has 1 heterocycles. The van der Waals surface area contributed by atoms with Gasteiger partial charge in [-0.25, -0.2) is 9.59 Å². The maximum absolute atomic E-state index is 12.6. The van der Waals surface area contributed by atoms with Gasteiger partial charge >= 0.3 is 18.1 Å². The lowest BCUT2D eigenvalue weighted by Crippen LogP contribution is -2.18. The lowest BCUT2D eigenvalue weighted by Gasteiger charge is -2.04. The average Bonchev–Trinajstić information content (AvgIpc) is 2.60. The van der Waals surface area contributed by atoms with E-state index in [0.717, 1.165) is 6.92 Å². The number of alkyl halides is 3. The average molecular weight is 266 g/mol. The lowest BCUT2D eigenvalue weighted by atomic mass is 10.2. The number of nitrogens with zero attached hydrogens (tertiary/aromatic N) is 2. The first-order valence-corrected chi connectivity index (χ1v) is 4.78. The van der Waals surface area contributed by atoms with Gasteiger partial charge in [0, 0.05) is 6.92 Å². The highest BCUT2D eigenvalue weighted by atomic mass is 19.4. The van der Waals surface area contributed by atoms with Crippen LogP contribution in [0.1, 0.15) is 29.9 Å². The molecule has 1 aromatic heterocycles. The van der Waals surface area contributed by atoms with E-state index >= 15 is 0 Å². The minimum atomic E-state index is -4.85. The number of carbonyl (C=O) groups is 2. The van der Waals surface area contributed by atoms with E-state index in [2.05, 4.69) is 14.7 Å². The number of carbonyl (C=O) groups excluding carboxylic acids is 2. The molecule has 0 aliphatic heterocycles. The Bertz CT molecular complexity index is 467. The summed E-state index contributed by atoms with van der Waals surface area (Å²) in [5.41, 5.74) is -2.28. The fraction of sp³-hybridized carbons (Fsp3) is 0.444. The van der Waals surface area contributed by atoms with Gasteiger partial charge < -0.3 is 9.57 Å². The predicted molar refractivity (Wildman–Crippen MR) is 50.4 cm³/mol. The van der Waals surface area contributed by atoms with Crippen LogP contribution >= 0.6 is 0 Å². The Morgan fingerprint density at radius 1 is 1.44 bits per heavy atom. The van der Waals surface area contributed by atoms with Crippen LogP contribution in [0.15, 0.2) is 6.20 Å². The minimum Gasteiger partial charge on any atom is -0.462 e. The maximum atomic E-state index is 12.6. The molecule has 0 aromatic carbocycles. The van der Waals surface area contributed by atoms with Crippen molar-refractivity contribution in [1.29, 1.82) is 0 Å². The Kier molecular flexibility index (Phi) is 3.94. The van der Waals surface area contributed by atoms with Gasteiger partial charge in [0.1, 0.15) is 5.56 Å². The molecule has 0 atom stereocenters. The van der Waals surface area contributed by atoms with Crippen molar-refractivity contribution >= 4 is 11.9 Å². The third-order valence-corrected chi connectivity index (χ3v) is 1.68. The summed E-state index contributed by atoms with van der Waals surface area (Å²) in [5, 5.41) is 2.97. The molecular weight excluding hydrogens is 257 g/mol. The van der Waals surface area contributed by atoms with E-state index in [1.165, 1.54) is 6.92 Å². The van der Waals surface area contributed by atoms with Gasteiger partial charge in [-0.05, 0) is 6.92 Å². The van der Waals surface area contributed by atoms with Crippen LogP contribution in [0.2, 0.25) is 0 Å². The summed E-state index contributed by atoms with van der Waals surface area (Å²) in [7, 11) is 0. The van der Waals surface area contributed by atoms with E-state index in [9.17, 15) is 22.8 Å². The smallest absolute Gasteiger partial charge is 0.436 e. The number of esters is 1. The third kappa shape index (κ3) is 3.22. The zero-order chi connectivity index (χ0) is 13.9. The number of hydrogen-bond acceptors (Lipinski definition) is 5. The monoisotopic (exact) mass is 266 g/mol. The second-order valence-corrected chi connectivity index (χ2v) is 3.10. The molecule has 0 amide bonds. The molecule has 0 saturated heterocycles. The molecule has 0 aliphatic carbocycles. The van der Waals surface area contributed by atoms with Crippen LogP contribution in [0.3, 0.4) is 0 Å². The van der Waals surface area contributed by atoms with Gasteiger partial charge in [0.15, 0.2) is 5.69 Å². The molecular formula is C9H9F3N2O4. The number of halogens is 3. The lowest BCUT2D eigenvalue weighted by molar-refractivity contribution is -0.149. The van der Waals surface area contributed by atoms with Gasteiger partial charge in [-0.15, -0.1) is 5.10 Å². The van der Waals surface area contributed by atoms with Crippen molar-refractivity contribution in [2.45, 2.75) is 20.0 Å². The first-order valence-electron chi connectivity index (χ1n) is 4.78. The van der Waals surface area contributed by atoms with Crippen LogP contribution in [-0.4, -0.2) is 28.5 Å². The maximum Gasteiger partial charge on any atom is 0.436 e. The molecule has 1 aromatic rings. The Labute approximate surface area is 99.2 Å². The third-order valence-electron chi connectivity index (χ3n) is 1.68. The van der Waals surface area contributed by atoms with Crippen LogP contribution in [0, 0.1) is 0 Å². The Morgan fingerprint density at radius 2 is 2.06 bits per heavy atom. The molecule has 0 radical (unpaired) electrons. The number of ether oxygens (including phenoxy) is 1. The molecule has 0 unspecified atom stereocenters. The van der Waals surface area contributed by atoms with E-state index in [4.69, 9.17) is 0 Å². The van der Waals surface area contributed by atoms with Gasteiger partial charge in [-0.2, -0.15) is 13.2 Å². The van der Waals surface area contributed by atoms with Crippen molar-refractivity contribution < 1.29 is 32.3 Å². The largest absolute Gasteiger partial charge is 0.462 e. The quantitative estimate of drug-likeness (QED) is 0.765. The minimum absolute atomic E-state index is 0.0884. The molecule has 0 spiro atoms. The molecule has 0 saturated carbocycles. The van der Waals surface area contributed by atoms with E-state index in [1.807, 2.05) is 0 Å². The molecule has 9 heteroatoms. The highest BCUT2D eigenvalue weighted by Crippen LogP contribution is 2.30. The van der Waals surface area contributed by atoms with Gasteiger partial charge in [-0.3, -0.25) is 0 Å². The molecule has 18 heavy (non-hydrogen) atoms. The van der Waals surface area contributed by atoms with Crippen molar-refractivity contribution in [2.75, 3.05) is 6.61 Å². The highest BCUT2D eigenvalue weighted by molar-refractivity contribution is 5.90. The first kappa shape index (κ1) is 14.0. The predicted octanol–water partition coefficient (Wildman–Crippen LogP) is 1.05. The van der Waals surface area contributed by atoms with E-state index in [-0.39, 0.29) is 11.5 Å². The van der Waals surface area contributed by atoms with Gasteiger partial charge in [-0.1, -0.05) is 4.85 Å². The van der Waals surface area contributed by atoms with Gasteiger partial charge in [0.05, 0.1) is 12.8 Å². The fourth-order valence-electron chi connectivity index (χ4n) is 1.10. The Balaban J connectivity index is 3.17. The summed E-state index contributed by atoms with van der Waals surface area (Å²) in [4.78, 5) is 26.5. The number of hydrogen-bond donors (Lipinski definition) is 0. The van der Waals surface area contributed by atoms with Crippen molar-refractivity contribution in [3.05, 3.63) is 17.5 Å². The SMILES string of the molecule is CCOC(=O)c1cn(OC(C)=O)nc1C(F)(F)F. The molecule has 0 N–H and O–H groups in total.